The highest BCUT2D eigenvalue weighted by molar-refractivity contribution is 6.04. The van der Waals surface area contributed by atoms with Crippen molar-refractivity contribution in [2.24, 2.45) is 0 Å². The van der Waals surface area contributed by atoms with E-state index in [1.54, 1.807) is 12.3 Å². The molecular weight excluding hydrogens is 491 g/mol. The van der Waals surface area contributed by atoms with Gasteiger partial charge in [-0.15, -0.1) is 0 Å². The fourth-order valence-electron chi connectivity index (χ4n) is 4.74. The predicted molar refractivity (Wildman–Crippen MR) is 126 cm³/mol. The first-order valence-corrected chi connectivity index (χ1v) is 11.8. The molecule has 6 rings (SSSR count). The highest BCUT2D eigenvalue weighted by Crippen LogP contribution is 2.40. The van der Waals surface area contributed by atoms with Crippen molar-refractivity contribution in [1.82, 2.24) is 19.9 Å². The second-order valence-electron chi connectivity index (χ2n) is 9.00. The number of ether oxygens (including phenoxy) is 2. The van der Waals surface area contributed by atoms with Crippen LogP contribution in [0, 0.1) is 0 Å². The molecule has 192 valence electrons. The number of hydrogen-bond acceptors (Lipinski definition) is 8. The molecule has 2 bridgehead atoms. The van der Waals surface area contributed by atoms with Crippen LogP contribution in [0.4, 0.5) is 35.3 Å². The van der Waals surface area contributed by atoms with Gasteiger partial charge in [0.25, 0.3) is 0 Å². The number of urea groups is 1. The van der Waals surface area contributed by atoms with E-state index in [2.05, 4.69) is 30.2 Å². The first-order valence-electron chi connectivity index (χ1n) is 11.8. The molecule has 37 heavy (non-hydrogen) atoms. The normalized spacial score (nSPS) is 20.6. The number of anilines is 3. The molecule has 1 N–H and O–H groups in total. The number of alkyl halides is 3. The summed E-state index contributed by atoms with van der Waals surface area (Å²) >= 11 is 0. The summed E-state index contributed by atoms with van der Waals surface area (Å²) in [5, 5.41) is 2.79. The van der Waals surface area contributed by atoms with Crippen LogP contribution in [0.3, 0.4) is 0 Å². The Labute approximate surface area is 209 Å². The minimum absolute atomic E-state index is 0.0988. The Hall–Kier alpha value is -4.00. The topological polar surface area (TPSA) is 106 Å². The summed E-state index contributed by atoms with van der Waals surface area (Å²) in [6.45, 7) is 2.38. The van der Waals surface area contributed by atoms with Gasteiger partial charge in [-0.1, -0.05) is 12.1 Å². The molecule has 2 amide bonds. The molecular formula is C24H22F3N7O3. The van der Waals surface area contributed by atoms with Gasteiger partial charge >= 0.3 is 18.2 Å². The van der Waals surface area contributed by atoms with Crippen LogP contribution in [-0.2, 0) is 10.9 Å². The SMILES string of the molecule is O=C(Nc1ccnc(O[C@H]2CCOC2)n1)N1c2nc(-c3cccc(C(F)(F)F)c3)ncc2N2CCC1C2. The molecule has 2 fully saturated rings. The zero-order chi connectivity index (χ0) is 25.6. The van der Waals surface area contributed by atoms with Gasteiger partial charge in [0.1, 0.15) is 11.9 Å². The number of rotatable bonds is 4. The van der Waals surface area contributed by atoms with E-state index in [0.29, 0.717) is 44.2 Å². The molecule has 1 unspecified atom stereocenters. The summed E-state index contributed by atoms with van der Waals surface area (Å²) in [7, 11) is 0. The first-order chi connectivity index (χ1) is 17.8. The fraction of sp³-hybridized carbons (Fsp3) is 0.375. The van der Waals surface area contributed by atoms with Gasteiger partial charge in [-0.05, 0) is 24.6 Å². The number of hydrogen-bond donors (Lipinski definition) is 1. The zero-order valence-corrected chi connectivity index (χ0v) is 19.5. The summed E-state index contributed by atoms with van der Waals surface area (Å²) in [6, 6.07) is 5.88. The highest BCUT2D eigenvalue weighted by atomic mass is 19.4. The molecule has 0 radical (unpaired) electrons. The first kappa shape index (κ1) is 23.4. The monoisotopic (exact) mass is 513 g/mol. The van der Waals surface area contributed by atoms with Gasteiger partial charge in [-0.25, -0.2) is 19.7 Å². The maximum atomic E-state index is 13.5. The molecule has 3 aliphatic heterocycles. The average Bonchev–Trinajstić information content (AvgIpc) is 3.54. The molecule has 0 spiro atoms. The third-order valence-electron chi connectivity index (χ3n) is 6.54. The number of halogens is 3. The summed E-state index contributed by atoms with van der Waals surface area (Å²) in [4.78, 5) is 34.3. The van der Waals surface area contributed by atoms with Crippen LogP contribution in [0.15, 0.2) is 42.7 Å². The van der Waals surface area contributed by atoms with Crippen LogP contribution in [-0.4, -0.2) is 64.4 Å². The van der Waals surface area contributed by atoms with Crippen molar-refractivity contribution >= 4 is 23.4 Å². The van der Waals surface area contributed by atoms with E-state index in [0.717, 1.165) is 18.6 Å². The summed E-state index contributed by atoms with van der Waals surface area (Å²) in [5.41, 5.74) is 0.0580. The van der Waals surface area contributed by atoms with E-state index in [1.165, 1.54) is 23.2 Å². The number of carbonyl (C=O) groups is 1. The Bertz CT molecular complexity index is 1330. The third-order valence-corrected chi connectivity index (χ3v) is 6.54. The third kappa shape index (κ3) is 4.61. The number of carbonyl (C=O) groups excluding carboxylic acids is 1. The lowest BCUT2D eigenvalue weighted by Gasteiger charge is -2.35. The standard InChI is InChI=1S/C24H22F3N7O3/c25-24(26,27)15-3-1-2-14(10-15)20-29-11-18-21(32-20)34(16-5-8-33(18)12-16)23(35)31-19-4-7-28-22(30-19)37-17-6-9-36-13-17/h1-4,7,10-11,16-17H,5-6,8-9,12-13H2,(H,28,30,31,35)/t16?,17-/m0/s1. The lowest BCUT2D eigenvalue weighted by molar-refractivity contribution is -0.137. The number of benzene rings is 1. The largest absolute Gasteiger partial charge is 0.458 e. The summed E-state index contributed by atoms with van der Waals surface area (Å²) in [5.74, 6) is 0.687. The van der Waals surface area contributed by atoms with Crippen LogP contribution in [0.2, 0.25) is 0 Å². The maximum absolute atomic E-state index is 13.5. The van der Waals surface area contributed by atoms with Crippen molar-refractivity contribution in [3.63, 3.8) is 0 Å². The summed E-state index contributed by atoms with van der Waals surface area (Å²) in [6.07, 6.45) is -0.149. The molecule has 10 nitrogen and oxygen atoms in total. The zero-order valence-electron chi connectivity index (χ0n) is 19.5. The van der Waals surface area contributed by atoms with Crippen LogP contribution >= 0.6 is 0 Å². The lowest BCUT2D eigenvalue weighted by atomic mass is 10.1. The lowest BCUT2D eigenvalue weighted by Crippen LogP contribution is -2.48. The van der Waals surface area contributed by atoms with Gasteiger partial charge in [0.15, 0.2) is 11.6 Å². The van der Waals surface area contributed by atoms with Crippen molar-refractivity contribution in [2.45, 2.75) is 31.2 Å². The quantitative estimate of drug-likeness (QED) is 0.563. The minimum atomic E-state index is -4.49. The van der Waals surface area contributed by atoms with Crippen molar-refractivity contribution in [2.75, 3.05) is 41.4 Å². The van der Waals surface area contributed by atoms with E-state index in [-0.39, 0.29) is 35.4 Å². The smallest absolute Gasteiger partial charge is 0.416 e. The fourth-order valence-corrected chi connectivity index (χ4v) is 4.74. The van der Waals surface area contributed by atoms with Gasteiger partial charge in [0.05, 0.1) is 36.7 Å². The van der Waals surface area contributed by atoms with Crippen molar-refractivity contribution in [1.29, 1.82) is 0 Å². The van der Waals surface area contributed by atoms with E-state index >= 15 is 0 Å². The van der Waals surface area contributed by atoms with Gasteiger partial charge in [-0.3, -0.25) is 10.2 Å². The highest BCUT2D eigenvalue weighted by Gasteiger charge is 2.41. The van der Waals surface area contributed by atoms with E-state index < -0.39 is 17.8 Å². The van der Waals surface area contributed by atoms with Gasteiger partial charge in [0.2, 0.25) is 0 Å². The van der Waals surface area contributed by atoms with Crippen molar-refractivity contribution in [3.05, 3.63) is 48.3 Å². The molecule has 3 aliphatic rings. The molecule has 0 saturated carbocycles. The predicted octanol–water partition coefficient (Wildman–Crippen LogP) is 3.75. The van der Waals surface area contributed by atoms with Crippen LogP contribution in [0.25, 0.3) is 11.4 Å². The van der Waals surface area contributed by atoms with Crippen LogP contribution in [0.1, 0.15) is 18.4 Å². The van der Waals surface area contributed by atoms with Gasteiger partial charge in [-0.2, -0.15) is 18.2 Å². The van der Waals surface area contributed by atoms with Gasteiger partial charge in [0, 0.05) is 31.3 Å². The molecule has 1 aromatic carbocycles. The second-order valence-corrected chi connectivity index (χ2v) is 9.00. The number of amides is 2. The Morgan fingerprint density at radius 1 is 1.16 bits per heavy atom. The minimum Gasteiger partial charge on any atom is -0.458 e. The molecule has 2 atom stereocenters. The van der Waals surface area contributed by atoms with Crippen LogP contribution < -0.4 is 19.9 Å². The Kier molecular flexibility index (Phi) is 5.78. The van der Waals surface area contributed by atoms with Crippen molar-refractivity contribution in [3.8, 4) is 17.4 Å². The Balaban J connectivity index is 1.29. The molecule has 2 aromatic heterocycles. The molecule has 13 heteroatoms. The number of nitrogens with zero attached hydrogens (tertiary/aromatic N) is 6. The molecule has 3 aromatic rings. The summed E-state index contributed by atoms with van der Waals surface area (Å²) < 4.78 is 50.8. The van der Waals surface area contributed by atoms with E-state index in [4.69, 9.17) is 9.47 Å². The molecule has 5 heterocycles. The number of nitrogens with one attached hydrogen (secondary N) is 1. The second kappa shape index (κ2) is 9.14. The van der Waals surface area contributed by atoms with Gasteiger partial charge < -0.3 is 14.4 Å². The van der Waals surface area contributed by atoms with E-state index in [1.807, 2.05) is 0 Å². The molecule has 2 saturated heterocycles. The maximum Gasteiger partial charge on any atom is 0.416 e. The number of aromatic nitrogens is 4. The number of fused-ring (bicyclic) bond motifs is 4. The average molecular weight is 513 g/mol. The van der Waals surface area contributed by atoms with Crippen LogP contribution in [0.5, 0.6) is 6.01 Å². The van der Waals surface area contributed by atoms with E-state index in [9.17, 15) is 18.0 Å². The van der Waals surface area contributed by atoms with Crippen molar-refractivity contribution < 1.29 is 27.4 Å². The molecule has 0 aliphatic carbocycles. The Morgan fingerprint density at radius 2 is 2.05 bits per heavy atom. The Morgan fingerprint density at radius 3 is 2.86 bits per heavy atom.